The first-order valence-corrected chi connectivity index (χ1v) is 10.6. The normalized spacial score (nSPS) is 25.4. The van der Waals surface area contributed by atoms with E-state index in [2.05, 4.69) is 14.9 Å². The van der Waals surface area contributed by atoms with E-state index in [1.165, 1.54) is 25.9 Å². The molecule has 148 valence electrons. The quantitative estimate of drug-likeness (QED) is 0.802. The molecule has 0 N–H and O–H groups in total. The summed E-state index contributed by atoms with van der Waals surface area (Å²) < 4.78 is 6.31. The van der Waals surface area contributed by atoms with E-state index < -0.39 is 0 Å². The van der Waals surface area contributed by atoms with Crippen molar-refractivity contribution in [1.82, 2.24) is 19.8 Å². The van der Waals surface area contributed by atoms with E-state index in [9.17, 15) is 4.79 Å². The van der Waals surface area contributed by atoms with Gasteiger partial charge in [0.15, 0.2) is 0 Å². The number of nitrogens with zero attached hydrogens (tertiary/aromatic N) is 4. The van der Waals surface area contributed by atoms with Crippen molar-refractivity contribution in [2.24, 2.45) is 0 Å². The highest BCUT2D eigenvalue weighted by Crippen LogP contribution is 2.38. The molecule has 0 radical (unpaired) electrons. The molecule has 1 unspecified atom stereocenters. The molecule has 1 amide bonds. The minimum atomic E-state index is -0.0408. The van der Waals surface area contributed by atoms with Crippen LogP contribution in [0.5, 0.6) is 0 Å². The van der Waals surface area contributed by atoms with E-state index in [-0.39, 0.29) is 11.5 Å². The molecule has 0 bridgehead atoms. The van der Waals surface area contributed by atoms with Crippen molar-refractivity contribution in [2.75, 3.05) is 32.8 Å². The van der Waals surface area contributed by atoms with Crippen LogP contribution < -0.4 is 0 Å². The highest BCUT2D eigenvalue weighted by molar-refractivity contribution is 6.04. The van der Waals surface area contributed by atoms with Gasteiger partial charge in [0.05, 0.1) is 16.7 Å². The van der Waals surface area contributed by atoms with Gasteiger partial charge in [-0.05, 0) is 63.7 Å². The fourth-order valence-electron chi connectivity index (χ4n) is 5.22. The lowest BCUT2D eigenvalue weighted by atomic mass is 9.81. The Labute approximate surface area is 165 Å². The molecular formula is C22H28N4O2. The summed E-state index contributed by atoms with van der Waals surface area (Å²) in [6, 6.07) is 6.32. The molecule has 3 fully saturated rings. The average molecular weight is 380 g/mol. The molecule has 5 rings (SSSR count). The molecule has 0 aliphatic carbocycles. The van der Waals surface area contributed by atoms with Gasteiger partial charge in [0.1, 0.15) is 5.52 Å². The van der Waals surface area contributed by atoms with Gasteiger partial charge in [0.25, 0.3) is 5.91 Å². The summed E-state index contributed by atoms with van der Waals surface area (Å²) in [5.74, 6) is 0.0628. The maximum atomic E-state index is 13.2. The van der Waals surface area contributed by atoms with E-state index in [1.54, 1.807) is 12.4 Å². The molecule has 1 aromatic heterocycles. The van der Waals surface area contributed by atoms with Crippen molar-refractivity contribution in [1.29, 1.82) is 0 Å². The Hall–Kier alpha value is -2.05. The summed E-state index contributed by atoms with van der Waals surface area (Å²) in [6.07, 6.45) is 10.1. The zero-order valence-corrected chi connectivity index (χ0v) is 16.3. The maximum absolute atomic E-state index is 13.2. The molecule has 1 atom stereocenters. The molecule has 2 aromatic rings. The Kier molecular flexibility index (Phi) is 4.77. The predicted octanol–water partition coefficient (Wildman–Crippen LogP) is 2.88. The van der Waals surface area contributed by atoms with Crippen LogP contribution in [0.1, 0.15) is 48.9 Å². The number of para-hydroxylation sites is 1. The number of hydrogen-bond donors (Lipinski definition) is 0. The zero-order chi connectivity index (χ0) is 19.0. The van der Waals surface area contributed by atoms with E-state index >= 15 is 0 Å². The number of likely N-dealkylation sites (tertiary alicyclic amines) is 2. The van der Waals surface area contributed by atoms with Crippen LogP contribution in [-0.2, 0) is 4.74 Å². The van der Waals surface area contributed by atoms with Gasteiger partial charge < -0.3 is 14.5 Å². The van der Waals surface area contributed by atoms with E-state index in [4.69, 9.17) is 4.74 Å². The van der Waals surface area contributed by atoms with Gasteiger partial charge in [-0.2, -0.15) is 0 Å². The van der Waals surface area contributed by atoms with Gasteiger partial charge in [-0.25, -0.2) is 0 Å². The minimum Gasteiger partial charge on any atom is -0.375 e. The molecule has 3 aliphatic rings. The molecule has 1 aromatic carbocycles. The third kappa shape index (κ3) is 3.29. The Morgan fingerprint density at radius 1 is 1.07 bits per heavy atom. The van der Waals surface area contributed by atoms with Crippen molar-refractivity contribution in [3.8, 4) is 0 Å². The van der Waals surface area contributed by atoms with Crippen LogP contribution in [-0.4, -0.2) is 70.1 Å². The molecular weight excluding hydrogens is 352 g/mol. The van der Waals surface area contributed by atoms with Crippen molar-refractivity contribution in [3.05, 3.63) is 36.2 Å². The first-order valence-electron chi connectivity index (χ1n) is 10.6. The van der Waals surface area contributed by atoms with Crippen LogP contribution in [0.15, 0.2) is 30.6 Å². The summed E-state index contributed by atoms with van der Waals surface area (Å²) in [5.41, 5.74) is 2.08. The van der Waals surface area contributed by atoms with Crippen molar-refractivity contribution < 1.29 is 9.53 Å². The molecule has 6 nitrogen and oxygen atoms in total. The van der Waals surface area contributed by atoms with Gasteiger partial charge in [-0.15, -0.1) is 0 Å². The Morgan fingerprint density at radius 3 is 2.68 bits per heavy atom. The summed E-state index contributed by atoms with van der Waals surface area (Å²) in [5, 5.41) is 0. The average Bonchev–Trinajstić information content (AvgIpc) is 3.29. The second-order valence-electron chi connectivity index (χ2n) is 8.44. The lowest BCUT2D eigenvalue weighted by Gasteiger charge is -2.48. The monoisotopic (exact) mass is 380 g/mol. The molecule has 28 heavy (non-hydrogen) atoms. The first-order chi connectivity index (χ1) is 13.7. The Bertz CT molecular complexity index is 851. The van der Waals surface area contributed by atoms with Gasteiger partial charge in [-0.3, -0.25) is 14.8 Å². The molecule has 3 aliphatic heterocycles. The van der Waals surface area contributed by atoms with Crippen LogP contribution in [0.25, 0.3) is 11.0 Å². The van der Waals surface area contributed by atoms with Gasteiger partial charge in [-0.1, -0.05) is 6.07 Å². The van der Waals surface area contributed by atoms with Crippen LogP contribution in [0.3, 0.4) is 0 Å². The first kappa shape index (κ1) is 18.0. The van der Waals surface area contributed by atoms with Crippen LogP contribution >= 0.6 is 0 Å². The fraction of sp³-hybridized carbons (Fsp3) is 0.591. The van der Waals surface area contributed by atoms with Crippen LogP contribution in [0.4, 0.5) is 0 Å². The highest BCUT2D eigenvalue weighted by Gasteiger charge is 2.43. The third-order valence-corrected chi connectivity index (χ3v) is 6.81. The van der Waals surface area contributed by atoms with Gasteiger partial charge >= 0.3 is 0 Å². The van der Waals surface area contributed by atoms with E-state index in [1.807, 2.05) is 23.1 Å². The van der Waals surface area contributed by atoms with Gasteiger partial charge in [0.2, 0.25) is 0 Å². The smallest absolute Gasteiger partial charge is 0.256 e. The molecule has 0 saturated carbocycles. The number of carbonyl (C=O) groups excluding carboxylic acids is 1. The number of piperidine rings is 1. The molecule has 3 saturated heterocycles. The van der Waals surface area contributed by atoms with Crippen molar-refractivity contribution in [2.45, 2.75) is 50.2 Å². The standard InChI is InChI=1S/C22H28N4O2/c27-21(18-4-3-5-19-20(18)24-10-9-23-19)26-13-7-22(8-14-26)16-17(6-15-28-22)25-11-1-2-12-25/h3-5,9-10,17H,1-2,6-8,11-16H2. The number of carbonyl (C=O) groups is 1. The predicted molar refractivity (Wildman–Crippen MR) is 107 cm³/mol. The minimum absolute atomic E-state index is 0.0408. The number of ether oxygens (including phenoxy) is 1. The van der Waals surface area contributed by atoms with E-state index in [0.717, 1.165) is 50.9 Å². The number of fused-ring (bicyclic) bond motifs is 1. The summed E-state index contributed by atoms with van der Waals surface area (Å²) in [6.45, 7) is 4.85. The highest BCUT2D eigenvalue weighted by atomic mass is 16.5. The second kappa shape index (κ2) is 7.41. The number of amides is 1. The van der Waals surface area contributed by atoms with Crippen molar-refractivity contribution >= 4 is 16.9 Å². The number of benzene rings is 1. The van der Waals surface area contributed by atoms with Crippen LogP contribution in [0, 0.1) is 0 Å². The summed E-state index contributed by atoms with van der Waals surface area (Å²) in [4.78, 5) is 26.5. The molecule has 6 heteroatoms. The fourth-order valence-corrected chi connectivity index (χ4v) is 5.22. The Morgan fingerprint density at radius 2 is 1.86 bits per heavy atom. The topological polar surface area (TPSA) is 58.6 Å². The summed E-state index contributed by atoms with van der Waals surface area (Å²) >= 11 is 0. The number of rotatable bonds is 2. The lowest BCUT2D eigenvalue weighted by molar-refractivity contribution is -0.128. The number of hydrogen-bond acceptors (Lipinski definition) is 5. The van der Waals surface area contributed by atoms with Gasteiger partial charge in [0, 0.05) is 38.1 Å². The van der Waals surface area contributed by atoms with Crippen LogP contribution in [0.2, 0.25) is 0 Å². The lowest BCUT2D eigenvalue weighted by Crippen LogP contribution is -2.54. The maximum Gasteiger partial charge on any atom is 0.256 e. The third-order valence-electron chi connectivity index (χ3n) is 6.81. The van der Waals surface area contributed by atoms with Crippen molar-refractivity contribution in [3.63, 3.8) is 0 Å². The SMILES string of the molecule is O=C(c1cccc2nccnc12)N1CCC2(CC1)CC(N1CCCC1)CCO2. The summed E-state index contributed by atoms with van der Waals surface area (Å²) in [7, 11) is 0. The zero-order valence-electron chi connectivity index (χ0n) is 16.3. The molecule has 1 spiro atoms. The molecule has 4 heterocycles. The largest absolute Gasteiger partial charge is 0.375 e. The second-order valence-corrected chi connectivity index (χ2v) is 8.44. The van der Waals surface area contributed by atoms with E-state index in [0.29, 0.717) is 17.1 Å². The number of aromatic nitrogens is 2. The Balaban J connectivity index is 1.28.